The lowest BCUT2D eigenvalue weighted by Crippen LogP contribution is -2.53. The number of carbonyl (C=O) groups excluding carboxylic acids is 2. The molecule has 1 saturated carbocycles. The van der Waals surface area contributed by atoms with Crippen molar-refractivity contribution in [3.05, 3.63) is 44.4 Å². The van der Waals surface area contributed by atoms with Crippen LogP contribution in [0.1, 0.15) is 65.0 Å². The average molecular weight is 590 g/mol. The van der Waals surface area contributed by atoms with Gasteiger partial charge in [-0.3, -0.25) is 19.0 Å². The quantitative estimate of drug-likeness (QED) is 0.469. The molecule has 1 aliphatic heterocycles. The summed E-state index contributed by atoms with van der Waals surface area (Å²) in [5.74, 6) is 0.106. The Bertz CT molecular complexity index is 1650. The second-order valence-corrected chi connectivity index (χ2v) is 12.9. The number of carbonyl (C=O) groups is 2. The number of rotatable bonds is 3. The van der Waals surface area contributed by atoms with Crippen molar-refractivity contribution >= 4 is 44.7 Å². The second-order valence-electron chi connectivity index (χ2n) is 11.8. The summed E-state index contributed by atoms with van der Waals surface area (Å²) in [7, 11) is 3.49. The van der Waals surface area contributed by atoms with Gasteiger partial charge >= 0.3 is 6.18 Å². The van der Waals surface area contributed by atoms with Gasteiger partial charge in [-0.2, -0.15) is 13.2 Å². The normalized spacial score (nSPS) is 25.8. The monoisotopic (exact) mass is 589 g/mol. The molecule has 0 radical (unpaired) electrons. The fourth-order valence-corrected chi connectivity index (χ4v) is 8.08. The van der Waals surface area contributed by atoms with E-state index in [1.165, 1.54) is 22.2 Å². The maximum atomic E-state index is 13.9. The number of nitrogens with one attached hydrogen (secondary N) is 1. The molecular weight excluding hydrogens is 559 g/mol. The lowest BCUT2D eigenvalue weighted by atomic mass is 9.72. The van der Waals surface area contributed by atoms with Crippen molar-refractivity contribution in [1.29, 1.82) is 0 Å². The first-order valence-electron chi connectivity index (χ1n) is 13.6. The zero-order valence-corrected chi connectivity index (χ0v) is 23.7. The van der Waals surface area contributed by atoms with Crippen molar-refractivity contribution < 1.29 is 27.9 Å². The number of Topliss-reactive ketones (excluding diaryl/α,β-unsaturated/α-hetero) is 1. The number of fused-ring (bicyclic) bond motifs is 5. The van der Waals surface area contributed by atoms with Crippen molar-refractivity contribution in [2.75, 3.05) is 19.4 Å². The van der Waals surface area contributed by atoms with E-state index in [9.17, 15) is 32.7 Å². The number of pyridine rings is 1. The molecule has 0 aromatic carbocycles. The Kier molecular flexibility index (Phi) is 6.34. The summed E-state index contributed by atoms with van der Waals surface area (Å²) >= 11 is 1.50. The summed E-state index contributed by atoms with van der Waals surface area (Å²) < 4.78 is 41.9. The van der Waals surface area contributed by atoms with Crippen molar-refractivity contribution in [1.82, 2.24) is 19.4 Å². The van der Waals surface area contributed by atoms with E-state index in [4.69, 9.17) is 0 Å². The molecule has 218 valence electrons. The first-order valence-corrected chi connectivity index (χ1v) is 14.4. The number of aliphatic hydroxyl groups is 1. The van der Waals surface area contributed by atoms with Crippen LogP contribution in [0, 0.1) is 12.8 Å². The minimum atomic E-state index is -4.79. The van der Waals surface area contributed by atoms with Crippen LogP contribution >= 0.6 is 11.3 Å². The molecule has 3 aliphatic rings. The largest absolute Gasteiger partial charge is 0.417 e. The highest BCUT2D eigenvalue weighted by Crippen LogP contribution is 2.51. The van der Waals surface area contributed by atoms with E-state index >= 15 is 0 Å². The van der Waals surface area contributed by atoms with Gasteiger partial charge < -0.3 is 15.3 Å². The van der Waals surface area contributed by atoms with Gasteiger partial charge in [0.05, 0.1) is 16.6 Å². The SMILES string of the molecule is Cc1cc(Nc2ncnc3sc4c(c23)CC[C@H](C(=O)N(C)C)C4)c(=O)n2c1C(=O)CC21CCC(O)(C(F)(F)F)CC1. The third kappa shape index (κ3) is 4.27. The molecular formula is C28H30F3N5O4S. The molecule has 2 aliphatic carbocycles. The summed E-state index contributed by atoms with van der Waals surface area (Å²) in [4.78, 5) is 51.8. The number of halogens is 3. The second kappa shape index (κ2) is 9.35. The van der Waals surface area contributed by atoms with Crippen molar-refractivity contribution in [3.8, 4) is 0 Å². The molecule has 13 heteroatoms. The van der Waals surface area contributed by atoms with Gasteiger partial charge in [0.1, 0.15) is 22.7 Å². The van der Waals surface area contributed by atoms with Crippen LogP contribution < -0.4 is 10.9 Å². The molecule has 41 heavy (non-hydrogen) atoms. The van der Waals surface area contributed by atoms with Gasteiger partial charge in [0.15, 0.2) is 11.4 Å². The number of hydrogen-bond donors (Lipinski definition) is 2. The molecule has 3 aromatic heterocycles. The van der Waals surface area contributed by atoms with Gasteiger partial charge in [-0.05, 0) is 69.1 Å². The third-order valence-electron chi connectivity index (χ3n) is 9.04. The minimum Gasteiger partial charge on any atom is -0.380 e. The Morgan fingerprint density at radius 2 is 1.90 bits per heavy atom. The lowest BCUT2D eigenvalue weighted by molar-refractivity contribution is -0.274. The Morgan fingerprint density at radius 3 is 2.56 bits per heavy atom. The van der Waals surface area contributed by atoms with Crippen molar-refractivity contribution in [2.24, 2.45) is 5.92 Å². The maximum Gasteiger partial charge on any atom is 0.417 e. The summed E-state index contributed by atoms with van der Waals surface area (Å²) in [5.41, 5.74) is -2.53. The number of aryl methyl sites for hydroxylation is 2. The van der Waals surface area contributed by atoms with Gasteiger partial charge in [-0.25, -0.2) is 9.97 Å². The number of aromatic nitrogens is 3. The van der Waals surface area contributed by atoms with E-state index in [1.807, 2.05) is 0 Å². The molecule has 1 atom stereocenters. The first kappa shape index (κ1) is 27.8. The standard InChI is InChI=1S/C28H30F3N5O4S/c1-14-10-17(25(39)36-21(14)18(37)12-26(36)6-8-27(40,9-7-26)28(29,30)31)34-22-20-16-5-4-15(24(38)35(2)3)11-19(16)41-23(20)33-13-32-22/h10,13,15,40H,4-9,11-12H2,1-3H3,(H,32,33,34)/t15-,26?,27?/m0/s1. The summed E-state index contributed by atoms with van der Waals surface area (Å²) in [5, 5.41) is 14.2. The van der Waals surface area contributed by atoms with Gasteiger partial charge in [0, 0.05) is 31.3 Å². The van der Waals surface area contributed by atoms with Crippen LogP contribution in [0.4, 0.5) is 24.7 Å². The van der Waals surface area contributed by atoms with E-state index in [-0.39, 0.29) is 48.3 Å². The number of amides is 1. The number of thiophene rings is 1. The number of ketones is 1. The zero-order valence-electron chi connectivity index (χ0n) is 22.9. The molecule has 1 fully saturated rings. The van der Waals surface area contributed by atoms with Crippen LogP contribution in [-0.4, -0.2) is 62.1 Å². The summed E-state index contributed by atoms with van der Waals surface area (Å²) in [6.07, 6.45) is -3.00. The molecule has 0 bridgehead atoms. The molecule has 1 amide bonds. The Hall–Kier alpha value is -3.32. The van der Waals surface area contributed by atoms with Crippen molar-refractivity contribution in [2.45, 2.75) is 75.6 Å². The van der Waals surface area contributed by atoms with Gasteiger partial charge in [-0.1, -0.05) is 0 Å². The molecule has 2 N–H and O–H groups in total. The lowest BCUT2D eigenvalue weighted by Gasteiger charge is -2.43. The van der Waals surface area contributed by atoms with Crippen LogP contribution in [0.15, 0.2) is 17.2 Å². The van der Waals surface area contributed by atoms with Crippen LogP contribution in [0.2, 0.25) is 0 Å². The van der Waals surface area contributed by atoms with E-state index in [0.29, 0.717) is 30.6 Å². The van der Waals surface area contributed by atoms with Crippen LogP contribution in [0.5, 0.6) is 0 Å². The minimum absolute atomic E-state index is 0.0803. The summed E-state index contributed by atoms with van der Waals surface area (Å²) in [6.45, 7) is 1.70. The summed E-state index contributed by atoms with van der Waals surface area (Å²) in [6, 6.07) is 1.58. The smallest absolute Gasteiger partial charge is 0.380 e. The van der Waals surface area contributed by atoms with Crippen LogP contribution in [0.3, 0.4) is 0 Å². The van der Waals surface area contributed by atoms with E-state index in [2.05, 4.69) is 15.3 Å². The fourth-order valence-electron chi connectivity index (χ4n) is 6.81. The maximum absolute atomic E-state index is 13.9. The van der Waals surface area contributed by atoms with Crippen LogP contribution in [-0.2, 0) is 23.2 Å². The predicted molar refractivity (Wildman–Crippen MR) is 147 cm³/mol. The topological polar surface area (TPSA) is 117 Å². The average Bonchev–Trinajstić information content (AvgIpc) is 3.43. The number of hydrogen-bond acceptors (Lipinski definition) is 8. The first-order chi connectivity index (χ1) is 19.2. The molecule has 0 unspecified atom stereocenters. The number of nitrogens with zero attached hydrogens (tertiary/aromatic N) is 4. The molecule has 3 aromatic rings. The van der Waals surface area contributed by atoms with Crippen molar-refractivity contribution in [3.63, 3.8) is 0 Å². The van der Waals surface area contributed by atoms with Gasteiger partial charge in [-0.15, -0.1) is 11.3 Å². The van der Waals surface area contributed by atoms with Gasteiger partial charge in [0.25, 0.3) is 5.56 Å². The Morgan fingerprint density at radius 1 is 1.20 bits per heavy atom. The predicted octanol–water partition coefficient (Wildman–Crippen LogP) is 4.25. The Labute approximate surface area is 237 Å². The highest BCUT2D eigenvalue weighted by molar-refractivity contribution is 7.19. The molecule has 6 rings (SSSR count). The number of anilines is 2. The van der Waals surface area contributed by atoms with Gasteiger partial charge in [0.2, 0.25) is 5.91 Å². The third-order valence-corrected chi connectivity index (χ3v) is 10.2. The number of alkyl halides is 3. The molecule has 4 heterocycles. The highest BCUT2D eigenvalue weighted by atomic mass is 32.1. The van der Waals surface area contributed by atoms with E-state index in [1.54, 1.807) is 32.0 Å². The fraction of sp³-hybridized carbons (Fsp3) is 0.536. The zero-order chi connectivity index (χ0) is 29.5. The van der Waals surface area contributed by atoms with E-state index < -0.39 is 35.7 Å². The van der Waals surface area contributed by atoms with Crippen LogP contribution in [0.25, 0.3) is 10.2 Å². The molecule has 1 spiro atoms. The molecule has 9 nitrogen and oxygen atoms in total. The van der Waals surface area contributed by atoms with E-state index in [0.717, 1.165) is 20.7 Å². The highest BCUT2D eigenvalue weighted by Gasteiger charge is 2.59. The Balaban J connectivity index is 1.38. The molecule has 0 saturated heterocycles.